The highest BCUT2D eigenvalue weighted by Gasteiger charge is 2.27. The maximum absolute atomic E-state index is 12.6. The number of nitro benzene ring substituents is 1. The molecule has 0 aliphatic carbocycles. The van der Waals surface area contributed by atoms with Gasteiger partial charge < -0.3 is 14.5 Å². The van der Waals surface area contributed by atoms with Crippen LogP contribution in [0.5, 0.6) is 0 Å². The summed E-state index contributed by atoms with van der Waals surface area (Å²) in [6.45, 7) is 3.65. The number of hydrogen-bond acceptors (Lipinski definition) is 7. The van der Waals surface area contributed by atoms with Gasteiger partial charge in [0.15, 0.2) is 5.11 Å². The van der Waals surface area contributed by atoms with Crippen molar-refractivity contribution in [2.45, 2.75) is 6.92 Å². The van der Waals surface area contributed by atoms with Crippen molar-refractivity contribution in [3.05, 3.63) is 66.2 Å². The van der Waals surface area contributed by atoms with Gasteiger partial charge in [0.25, 0.3) is 11.6 Å². The number of benzene rings is 2. The lowest BCUT2D eigenvalue weighted by atomic mass is 10.1. The second kappa shape index (κ2) is 11.1. The molecule has 2 aromatic rings. The number of carbonyl (C=O) groups is 2. The third-order valence-corrected chi connectivity index (χ3v) is 6.35. The Bertz CT molecular complexity index is 1110. The van der Waals surface area contributed by atoms with Gasteiger partial charge in [0.05, 0.1) is 27.7 Å². The van der Waals surface area contributed by atoms with E-state index < -0.39 is 16.8 Å². The fraction of sp³-hybridized carbons (Fsp3) is 0.286. The SMILES string of the molecule is CCOC(=O)c1ccc(N2CCN(C(=S)NC(=O)c3cc(I)ccc3Cl)CC2)c([N+](=O)[O-])c1. The molecule has 0 saturated carbocycles. The molecular formula is C21H20ClIN4O5S. The van der Waals surface area contributed by atoms with Crippen LogP contribution in [-0.2, 0) is 4.74 Å². The molecule has 3 rings (SSSR count). The number of amides is 1. The van der Waals surface area contributed by atoms with Gasteiger partial charge in [-0.1, -0.05) is 11.6 Å². The molecule has 0 atom stereocenters. The summed E-state index contributed by atoms with van der Waals surface area (Å²) in [5, 5.41) is 14.9. The van der Waals surface area contributed by atoms with E-state index in [-0.39, 0.29) is 23.0 Å². The van der Waals surface area contributed by atoms with Crippen molar-refractivity contribution in [3.8, 4) is 0 Å². The van der Waals surface area contributed by atoms with Gasteiger partial charge in [0, 0.05) is 35.8 Å². The molecule has 1 saturated heterocycles. The Morgan fingerprint density at radius 3 is 2.55 bits per heavy atom. The second-order valence-electron chi connectivity index (χ2n) is 7.04. The average molecular weight is 603 g/mol. The third kappa shape index (κ3) is 6.09. The van der Waals surface area contributed by atoms with E-state index in [0.717, 1.165) is 3.57 Å². The number of hydrogen-bond donors (Lipinski definition) is 1. The molecule has 0 spiro atoms. The van der Waals surface area contributed by atoms with Crippen LogP contribution in [-0.4, -0.2) is 59.6 Å². The van der Waals surface area contributed by atoms with Crippen molar-refractivity contribution >= 4 is 74.8 Å². The maximum atomic E-state index is 12.6. The zero-order valence-electron chi connectivity index (χ0n) is 17.5. The predicted octanol–water partition coefficient (Wildman–Crippen LogP) is 3.87. The quantitative estimate of drug-likeness (QED) is 0.181. The number of piperazine rings is 1. The average Bonchev–Trinajstić information content (AvgIpc) is 2.80. The number of nitrogens with zero attached hydrogens (tertiary/aromatic N) is 3. The van der Waals surface area contributed by atoms with Gasteiger partial charge in [-0.2, -0.15) is 0 Å². The van der Waals surface area contributed by atoms with Crippen LogP contribution in [0.3, 0.4) is 0 Å². The van der Waals surface area contributed by atoms with Crippen LogP contribution in [0.25, 0.3) is 0 Å². The number of thiocarbonyl (C=S) groups is 1. The molecule has 0 bridgehead atoms. The number of carbonyl (C=O) groups excluding carboxylic acids is 2. The summed E-state index contributed by atoms with van der Waals surface area (Å²) in [5.41, 5.74) is 0.706. The Balaban J connectivity index is 1.66. The number of anilines is 1. The Kier molecular flexibility index (Phi) is 8.43. The van der Waals surface area contributed by atoms with E-state index >= 15 is 0 Å². The van der Waals surface area contributed by atoms with Gasteiger partial charge in [-0.3, -0.25) is 20.2 Å². The summed E-state index contributed by atoms with van der Waals surface area (Å²) in [6, 6.07) is 9.44. The van der Waals surface area contributed by atoms with Gasteiger partial charge in [0.2, 0.25) is 0 Å². The van der Waals surface area contributed by atoms with E-state index in [0.29, 0.717) is 42.5 Å². The Morgan fingerprint density at radius 2 is 1.91 bits per heavy atom. The number of halogens is 2. The minimum absolute atomic E-state index is 0.129. The first-order chi connectivity index (χ1) is 15.7. The minimum atomic E-state index is -0.605. The van der Waals surface area contributed by atoms with E-state index in [1.165, 1.54) is 12.1 Å². The van der Waals surface area contributed by atoms with Crippen molar-refractivity contribution in [1.29, 1.82) is 0 Å². The van der Waals surface area contributed by atoms with Gasteiger partial charge in [-0.05, 0) is 72.1 Å². The van der Waals surface area contributed by atoms with Gasteiger partial charge >= 0.3 is 5.97 Å². The lowest BCUT2D eigenvalue weighted by Crippen LogP contribution is -2.52. The van der Waals surface area contributed by atoms with E-state index in [1.54, 1.807) is 31.2 Å². The zero-order valence-corrected chi connectivity index (χ0v) is 21.3. The lowest BCUT2D eigenvalue weighted by Gasteiger charge is -2.37. The molecule has 2 aromatic carbocycles. The summed E-state index contributed by atoms with van der Waals surface area (Å²) >= 11 is 13.6. The van der Waals surface area contributed by atoms with Gasteiger partial charge in [-0.25, -0.2) is 4.79 Å². The van der Waals surface area contributed by atoms with Crippen LogP contribution < -0.4 is 10.2 Å². The second-order valence-corrected chi connectivity index (χ2v) is 9.08. The molecule has 9 nitrogen and oxygen atoms in total. The standard InChI is InChI=1S/C21H20ClIN4O5S/c1-2-32-20(29)13-3-6-17(18(11-13)27(30)31)25-7-9-26(10-8-25)21(33)24-19(28)15-12-14(23)4-5-16(15)22/h3-6,11-12H,2,7-10H2,1H3,(H,24,28,33). The summed E-state index contributed by atoms with van der Waals surface area (Å²) in [7, 11) is 0. The first-order valence-electron chi connectivity index (χ1n) is 9.97. The molecule has 1 heterocycles. The summed E-state index contributed by atoms with van der Waals surface area (Å²) < 4.78 is 5.80. The van der Waals surface area contributed by atoms with Gasteiger partial charge in [-0.15, -0.1) is 0 Å². The smallest absolute Gasteiger partial charge is 0.338 e. The fourth-order valence-electron chi connectivity index (χ4n) is 3.34. The molecule has 0 aromatic heterocycles. The number of nitro groups is 1. The number of esters is 1. The van der Waals surface area contributed by atoms with Crippen molar-refractivity contribution in [3.63, 3.8) is 0 Å². The molecule has 12 heteroatoms. The fourth-order valence-corrected chi connectivity index (χ4v) is 4.31. The van der Waals surface area contributed by atoms with E-state index in [1.807, 2.05) is 9.80 Å². The van der Waals surface area contributed by atoms with Crippen LogP contribution in [0.4, 0.5) is 11.4 Å². The monoisotopic (exact) mass is 602 g/mol. The summed E-state index contributed by atoms with van der Waals surface area (Å²) in [5.74, 6) is -0.998. The molecule has 1 aliphatic rings. The Morgan fingerprint density at radius 1 is 1.21 bits per heavy atom. The number of ether oxygens (including phenoxy) is 1. The van der Waals surface area contributed by atoms with E-state index in [4.69, 9.17) is 28.6 Å². The van der Waals surface area contributed by atoms with Crippen LogP contribution in [0.2, 0.25) is 5.02 Å². The first-order valence-corrected chi connectivity index (χ1v) is 11.8. The molecule has 33 heavy (non-hydrogen) atoms. The summed E-state index contributed by atoms with van der Waals surface area (Å²) in [4.78, 5) is 39.3. The molecule has 1 aliphatic heterocycles. The topological polar surface area (TPSA) is 105 Å². The largest absolute Gasteiger partial charge is 0.462 e. The van der Waals surface area contributed by atoms with Crippen molar-refractivity contribution in [2.24, 2.45) is 0 Å². The highest BCUT2D eigenvalue weighted by molar-refractivity contribution is 14.1. The first kappa shape index (κ1) is 25.1. The lowest BCUT2D eigenvalue weighted by molar-refractivity contribution is -0.384. The van der Waals surface area contributed by atoms with E-state index in [9.17, 15) is 19.7 Å². The molecule has 1 amide bonds. The Labute approximate surface area is 214 Å². The minimum Gasteiger partial charge on any atom is -0.462 e. The maximum Gasteiger partial charge on any atom is 0.338 e. The number of nitrogens with one attached hydrogen (secondary N) is 1. The predicted molar refractivity (Wildman–Crippen MR) is 137 cm³/mol. The van der Waals surface area contributed by atoms with Crippen molar-refractivity contribution in [1.82, 2.24) is 10.2 Å². The molecule has 0 radical (unpaired) electrons. The van der Waals surface area contributed by atoms with Gasteiger partial charge in [0.1, 0.15) is 5.69 Å². The van der Waals surface area contributed by atoms with E-state index in [2.05, 4.69) is 27.9 Å². The number of rotatable bonds is 5. The van der Waals surface area contributed by atoms with Crippen molar-refractivity contribution < 1.29 is 19.2 Å². The molecular weight excluding hydrogens is 583 g/mol. The molecule has 174 valence electrons. The van der Waals surface area contributed by atoms with Crippen molar-refractivity contribution in [2.75, 3.05) is 37.7 Å². The van der Waals surface area contributed by atoms with Crippen LogP contribution >= 0.6 is 46.4 Å². The normalized spacial score (nSPS) is 13.4. The molecule has 1 fully saturated rings. The van der Waals surface area contributed by atoms with Crippen LogP contribution in [0, 0.1) is 13.7 Å². The molecule has 1 N–H and O–H groups in total. The zero-order chi connectivity index (χ0) is 24.1. The molecule has 0 unspecified atom stereocenters. The Hall–Kier alpha value is -2.51. The van der Waals surface area contributed by atoms with Crippen LogP contribution in [0.1, 0.15) is 27.6 Å². The highest BCUT2D eigenvalue weighted by atomic mass is 127. The third-order valence-electron chi connectivity index (χ3n) is 4.98. The van der Waals surface area contributed by atoms with Crippen LogP contribution in [0.15, 0.2) is 36.4 Å². The highest BCUT2D eigenvalue weighted by Crippen LogP contribution is 2.30. The summed E-state index contributed by atoms with van der Waals surface area (Å²) in [6.07, 6.45) is 0.